The van der Waals surface area contributed by atoms with Gasteiger partial charge in [0.05, 0.1) is 5.69 Å². The minimum Gasteiger partial charge on any atom is -0.276 e. The first kappa shape index (κ1) is 13.3. The van der Waals surface area contributed by atoms with E-state index in [4.69, 9.17) is 0 Å². The summed E-state index contributed by atoms with van der Waals surface area (Å²) in [7, 11) is 0. The van der Waals surface area contributed by atoms with Crippen molar-refractivity contribution in [2.24, 2.45) is 5.41 Å². The summed E-state index contributed by atoms with van der Waals surface area (Å²) < 4.78 is 0. The molecule has 0 aromatic heterocycles. The number of carbonyl (C=O) groups excluding carboxylic acids is 3. The van der Waals surface area contributed by atoms with Crippen molar-refractivity contribution in [3.63, 3.8) is 0 Å². The number of barbiturate groups is 1. The van der Waals surface area contributed by atoms with E-state index in [9.17, 15) is 14.4 Å². The summed E-state index contributed by atoms with van der Waals surface area (Å²) in [6, 6.07) is 4.82. The standard InChI is InChI=1S/C14H16N2O3/c1-8-6-5-7-9(2)10(8)16-12(18)14(3,4)11(17)15-13(16)19/h5-7H,1-4H3,(H,15,17,19). The summed E-state index contributed by atoms with van der Waals surface area (Å²) >= 11 is 0. The minimum absolute atomic E-state index is 0.501. The lowest BCUT2D eigenvalue weighted by atomic mass is 9.88. The molecular formula is C14H16N2O3. The molecule has 1 N–H and O–H groups in total. The van der Waals surface area contributed by atoms with Crippen molar-refractivity contribution in [2.75, 3.05) is 4.90 Å². The summed E-state index contributed by atoms with van der Waals surface area (Å²) in [5, 5.41) is 2.23. The number of carbonyl (C=O) groups is 3. The Morgan fingerprint density at radius 3 is 2.11 bits per heavy atom. The Labute approximate surface area is 111 Å². The number of nitrogens with one attached hydrogen (secondary N) is 1. The summed E-state index contributed by atoms with van der Waals surface area (Å²) in [4.78, 5) is 37.2. The van der Waals surface area contributed by atoms with Gasteiger partial charge in [-0.25, -0.2) is 9.69 Å². The number of aryl methyl sites for hydroxylation is 2. The van der Waals surface area contributed by atoms with Gasteiger partial charge in [0.2, 0.25) is 11.8 Å². The molecule has 1 aliphatic heterocycles. The molecule has 0 radical (unpaired) electrons. The Balaban J connectivity index is 2.58. The zero-order chi connectivity index (χ0) is 14.4. The third kappa shape index (κ3) is 1.91. The van der Waals surface area contributed by atoms with Crippen molar-refractivity contribution in [2.45, 2.75) is 27.7 Å². The third-order valence-corrected chi connectivity index (χ3v) is 3.39. The first-order valence-electron chi connectivity index (χ1n) is 6.03. The highest BCUT2D eigenvalue weighted by atomic mass is 16.2. The number of hydrogen-bond donors (Lipinski definition) is 1. The second kappa shape index (κ2) is 4.19. The molecule has 0 aliphatic carbocycles. The number of urea groups is 1. The average Bonchev–Trinajstić information content (AvgIpc) is 2.31. The van der Waals surface area contributed by atoms with Crippen LogP contribution in [0.1, 0.15) is 25.0 Å². The molecule has 100 valence electrons. The number of benzene rings is 1. The Morgan fingerprint density at radius 1 is 1.05 bits per heavy atom. The van der Waals surface area contributed by atoms with E-state index in [1.165, 1.54) is 13.8 Å². The maximum atomic E-state index is 12.4. The molecule has 1 aliphatic rings. The molecule has 2 rings (SSSR count). The smallest absolute Gasteiger partial charge is 0.276 e. The van der Waals surface area contributed by atoms with Gasteiger partial charge >= 0.3 is 6.03 Å². The van der Waals surface area contributed by atoms with Gasteiger partial charge in [0.15, 0.2) is 0 Å². The molecule has 5 heteroatoms. The van der Waals surface area contributed by atoms with Crippen LogP contribution < -0.4 is 10.2 Å². The third-order valence-electron chi connectivity index (χ3n) is 3.39. The predicted molar refractivity (Wildman–Crippen MR) is 70.7 cm³/mol. The molecule has 0 spiro atoms. The maximum absolute atomic E-state index is 12.4. The maximum Gasteiger partial charge on any atom is 0.335 e. The second-order valence-electron chi connectivity index (χ2n) is 5.27. The lowest BCUT2D eigenvalue weighted by Crippen LogP contribution is -2.62. The summed E-state index contributed by atoms with van der Waals surface area (Å²) in [5.41, 5.74) is 0.927. The van der Waals surface area contributed by atoms with Gasteiger partial charge in [0, 0.05) is 0 Å². The van der Waals surface area contributed by atoms with Crippen molar-refractivity contribution < 1.29 is 14.4 Å². The zero-order valence-electron chi connectivity index (χ0n) is 11.4. The van der Waals surface area contributed by atoms with E-state index in [2.05, 4.69) is 5.32 Å². The lowest BCUT2D eigenvalue weighted by Gasteiger charge is -2.35. The molecule has 0 atom stereocenters. The summed E-state index contributed by atoms with van der Waals surface area (Å²) in [6.07, 6.45) is 0. The van der Waals surface area contributed by atoms with Crippen LogP contribution in [0.2, 0.25) is 0 Å². The average molecular weight is 260 g/mol. The molecule has 0 bridgehead atoms. The van der Waals surface area contributed by atoms with E-state index in [1.807, 2.05) is 32.0 Å². The van der Waals surface area contributed by atoms with Gasteiger partial charge in [-0.2, -0.15) is 0 Å². The van der Waals surface area contributed by atoms with Gasteiger partial charge < -0.3 is 0 Å². The first-order chi connectivity index (χ1) is 8.76. The Morgan fingerprint density at radius 2 is 1.58 bits per heavy atom. The van der Waals surface area contributed by atoms with Crippen LogP contribution in [0, 0.1) is 19.3 Å². The van der Waals surface area contributed by atoms with Crippen LogP contribution in [0.5, 0.6) is 0 Å². The normalized spacial score (nSPS) is 18.5. The van der Waals surface area contributed by atoms with E-state index in [1.54, 1.807) is 0 Å². The van der Waals surface area contributed by atoms with E-state index in [0.717, 1.165) is 16.0 Å². The molecular weight excluding hydrogens is 244 g/mol. The number of amides is 4. The van der Waals surface area contributed by atoms with Crippen LogP contribution in [0.4, 0.5) is 10.5 Å². The highest BCUT2D eigenvalue weighted by molar-refractivity contribution is 6.29. The van der Waals surface area contributed by atoms with Gasteiger partial charge in [-0.3, -0.25) is 14.9 Å². The van der Waals surface area contributed by atoms with Gasteiger partial charge in [0.1, 0.15) is 5.41 Å². The number of anilines is 1. The number of nitrogens with zero attached hydrogens (tertiary/aromatic N) is 1. The molecule has 1 heterocycles. The fourth-order valence-electron chi connectivity index (χ4n) is 2.14. The van der Waals surface area contributed by atoms with Crippen molar-refractivity contribution >= 4 is 23.5 Å². The quantitative estimate of drug-likeness (QED) is 0.784. The zero-order valence-corrected chi connectivity index (χ0v) is 11.4. The van der Waals surface area contributed by atoms with E-state index in [-0.39, 0.29) is 0 Å². The molecule has 19 heavy (non-hydrogen) atoms. The van der Waals surface area contributed by atoms with Crippen molar-refractivity contribution in [1.29, 1.82) is 0 Å². The summed E-state index contributed by atoms with van der Waals surface area (Å²) in [5.74, 6) is -1.07. The van der Waals surface area contributed by atoms with Crippen LogP contribution in [0.3, 0.4) is 0 Å². The van der Waals surface area contributed by atoms with Gasteiger partial charge in [0.25, 0.3) is 0 Å². The van der Waals surface area contributed by atoms with E-state index in [0.29, 0.717) is 5.69 Å². The molecule has 0 saturated carbocycles. The highest BCUT2D eigenvalue weighted by Gasteiger charge is 2.48. The fraction of sp³-hybridized carbons (Fsp3) is 0.357. The SMILES string of the molecule is Cc1cccc(C)c1N1C(=O)NC(=O)C(C)(C)C1=O. The predicted octanol–water partition coefficient (Wildman–Crippen LogP) is 1.91. The number of imide groups is 2. The molecule has 1 saturated heterocycles. The first-order valence-corrected chi connectivity index (χ1v) is 6.03. The van der Waals surface area contributed by atoms with Crippen LogP contribution >= 0.6 is 0 Å². The topological polar surface area (TPSA) is 66.5 Å². The van der Waals surface area contributed by atoms with Crippen LogP contribution in [0.25, 0.3) is 0 Å². The van der Waals surface area contributed by atoms with Gasteiger partial charge in [-0.1, -0.05) is 18.2 Å². The van der Waals surface area contributed by atoms with E-state index >= 15 is 0 Å². The Bertz CT molecular complexity index is 570. The molecule has 0 unspecified atom stereocenters. The summed E-state index contributed by atoms with van der Waals surface area (Å²) in [6.45, 7) is 6.67. The number of para-hydroxylation sites is 1. The highest BCUT2D eigenvalue weighted by Crippen LogP contribution is 2.32. The van der Waals surface area contributed by atoms with E-state index < -0.39 is 23.3 Å². The largest absolute Gasteiger partial charge is 0.335 e. The number of hydrogen-bond acceptors (Lipinski definition) is 3. The van der Waals surface area contributed by atoms with Crippen LogP contribution in [-0.2, 0) is 9.59 Å². The van der Waals surface area contributed by atoms with Gasteiger partial charge in [-0.05, 0) is 38.8 Å². The van der Waals surface area contributed by atoms with Crippen LogP contribution in [-0.4, -0.2) is 17.8 Å². The van der Waals surface area contributed by atoms with Gasteiger partial charge in [-0.15, -0.1) is 0 Å². The lowest BCUT2D eigenvalue weighted by molar-refractivity contribution is -0.140. The van der Waals surface area contributed by atoms with Crippen molar-refractivity contribution in [3.8, 4) is 0 Å². The monoisotopic (exact) mass is 260 g/mol. The molecule has 1 aromatic rings. The minimum atomic E-state index is -1.25. The molecule has 1 aromatic carbocycles. The van der Waals surface area contributed by atoms with Crippen molar-refractivity contribution in [3.05, 3.63) is 29.3 Å². The van der Waals surface area contributed by atoms with Crippen LogP contribution in [0.15, 0.2) is 18.2 Å². The second-order valence-corrected chi connectivity index (χ2v) is 5.27. The molecule has 1 fully saturated rings. The molecule has 4 amide bonds. The molecule has 5 nitrogen and oxygen atoms in total. The Kier molecular flexibility index (Phi) is 2.92. The fourth-order valence-corrected chi connectivity index (χ4v) is 2.14. The van der Waals surface area contributed by atoms with Crippen molar-refractivity contribution in [1.82, 2.24) is 5.32 Å². The number of rotatable bonds is 1. The Hall–Kier alpha value is -2.17.